The summed E-state index contributed by atoms with van der Waals surface area (Å²) < 4.78 is 5.31. The molecule has 1 N–H and O–H groups in total. The first-order chi connectivity index (χ1) is 8.70. The maximum absolute atomic E-state index is 10.2. The number of ether oxygens (including phenoxy) is 1. The fourth-order valence-corrected chi connectivity index (χ4v) is 1.98. The topological polar surface area (TPSA) is 42.4 Å². The van der Waals surface area contributed by atoms with Crippen molar-refractivity contribution in [3.05, 3.63) is 59.4 Å². The maximum atomic E-state index is 10.2. The van der Waals surface area contributed by atoms with Gasteiger partial charge in [-0.05, 0) is 36.2 Å². The predicted molar refractivity (Wildman–Crippen MR) is 70.6 cm³/mol. The highest BCUT2D eigenvalue weighted by Gasteiger charge is 2.11. The van der Waals surface area contributed by atoms with E-state index in [1.165, 1.54) is 0 Å². The number of hydrogen-bond donors (Lipinski definition) is 1. The van der Waals surface area contributed by atoms with Crippen LogP contribution in [0.15, 0.2) is 42.7 Å². The molecule has 1 heterocycles. The number of aromatic nitrogens is 1. The van der Waals surface area contributed by atoms with Gasteiger partial charge in [-0.3, -0.25) is 4.98 Å². The molecule has 0 aliphatic carbocycles. The van der Waals surface area contributed by atoms with Crippen LogP contribution in [0.3, 0.4) is 0 Å². The van der Waals surface area contributed by atoms with Gasteiger partial charge >= 0.3 is 0 Å². The number of aliphatic hydroxyl groups excluding tert-OH is 1. The van der Waals surface area contributed by atoms with Gasteiger partial charge in [0.25, 0.3) is 0 Å². The summed E-state index contributed by atoms with van der Waals surface area (Å²) in [4.78, 5) is 3.95. The Morgan fingerprint density at radius 2 is 1.94 bits per heavy atom. The molecular weight excluding hydrogens is 226 g/mol. The minimum Gasteiger partial charge on any atom is -0.496 e. The third-order valence-corrected chi connectivity index (χ3v) is 2.94. The van der Waals surface area contributed by atoms with Crippen molar-refractivity contribution in [2.24, 2.45) is 0 Å². The zero-order valence-corrected chi connectivity index (χ0v) is 10.6. The van der Waals surface area contributed by atoms with Crippen LogP contribution in [0, 0.1) is 6.92 Å². The second kappa shape index (κ2) is 5.65. The van der Waals surface area contributed by atoms with Crippen LogP contribution in [-0.2, 0) is 6.42 Å². The Morgan fingerprint density at radius 3 is 2.61 bits per heavy atom. The van der Waals surface area contributed by atoms with Gasteiger partial charge in [-0.15, -0.1) is 0 Å². The number of hydrogen-bond acceptors (Lipinski definition) is 3. The molecular formula is C15H17NO2. The van der Waals surface area contributed by atoms with Crippen molar-refractivity contribution < 1.29 is 9.84 Å². The van der Waals surface area contributed by atoms with E-state index in [0.29, 0.717) is 6.42 Å². The van der Waals surface area contributed by atoms with Crippen LogP contribution < -0.4 is 4.74 Å². The molecule has 0 aliphatic heterocycles. The summed E-state index contributed by atoms with van der Waals surface area (Å²) in [5, 5.41) is 10.2. The van der Waals surface area contributed by atoms with Crippen molar-refractivity contribution in [1.29, 1.82) is 0 Å². The van der Waals surface area contributed by atoms with Crippen LogP contribution in [0.4, 0.5) is 0 Å². The van der Waals surface area contributed by atoms with Crippen LogP contribution >= 0.6 is 0 Å². The van der Waals surface area contributed by atoms with Gasteiger partial charge in [0, 0.05) is 18.8 Å². The molecule has 2 rings (SSSR count). The van der Waals surface area contributed by atoms with Crippen molar-refractivity contribution in [2.45, 2.75) is 19.4 Å². The quantitative estimate of drug-likeness (QED) is 0.897. The summed E-state index contributed by atoms with van der Waals surface area (Å²) >= 11 is 0. The lowest BCUT2D eigenvalue weighted by molar-refractivity contribution is 0.177. The molecule has 1 unspecified atom stereocenters. The Bertz CT molecular complexity index is 511. The zero-order valence-electron chi connectivity index (χ0n) is 10.6. The Balaban J connectivity index is 2.21. The number of rotatable bonds is 4. The average Bonchev–Trinajstić information content (AvgIpc) is 2.40. The Kier molecular flexibility index (Phi) is 3.95. The predicted octanol–water partition coefficient (Wildman–Crippen LogP) is 2.67. The first-order valence-corrected chi connectivity index (χ1v) is 5.92. The highest BCUT2D eigenvalue weighted by Crippen LogP contribution is 2.25. The van der Waals surface area contributed by atoms with Crippen LogP contribution in [0.2, 0.25) is 0 Å². The molecule has 0 radical (unpaired) electrons. The number of aliphatic hydroxyl groups is 1. The SMILES string of the molecule is COc1ccc(C)cc1CC(O)c1ccncc1. The summed E-state index contributed by atoms with van der Waals surface area (Å²) in [5.74, 6) is 0.814. The third-order valence-electron chi connectivity index (χ3n) is 2.94. The van der Waals surface area contributed by atoms with Gasteiger partial charge in [0.1, 0.15) is 5.75 Å². The summed E-state index contributed by atoms with van der Waals surface area (Å²) in [6.45, 7) is 2.03. The monoisotopic (exact) mass is 243 g/mol. The standard InChI is InChI=1S/C15H17NO2/c1-11-3-4-15(18-2)13(9-11)10-14(17)12-5-7-16-8-6-12/h3-9,14,17H,10H2,1-2H3. The first kappa shape index (κ1) is 12.6. The molecule has 1 aromatic carbocycles. The van der Waals surface area contributed by atoms with E-state index in [4.69, 9.17) is 4.74 Å². The Labute approximate surface area is 107 Å². The summed E-state index contributed by atoms with van der Waals surface area (Å²) in [5.41, 5.74) is 3.04. The Morgan fingerprint density at radius 1 is 1.22 bits per heavy atom. The first-order valence-electron chi connectivity index (χ1n) is 5.92. The minimum absolute atomic E-state index is 0.537. The van der Waals surface area contributed by atoms with E-state index >= 15 is 0 Å². The molecule has 1 aromatic heterocycles. The molecule has 94 valence electrons. The van der Waals surface area contributed by atoms with E-state index in [-0.39, 0.29) is 0 Å². The molecule has 3 nitrogen and oxygen atoms in total. The van der Waals surface area contributed by atoms with Gasteiger partial charge in [-0.25, -0.2) is 0 Å². The fraction of sp³-hybridized carbons (Fsp3) is 0.267. The summed E-state index contributed by atoms with van der Waals surface area (Å²) in [6, 6.07) is 9.63. The minimum atomic E-state index is -0.538. The average molecular weight is 243 g/mol. The van der Waals surface area contributed by atoms with Crippen LogP contribution in [0.5, 0.6) is 5.75 Å². The second-order valence-electron chi connectivity index (χ2n) is 4.32. The van der Waals surface area contributed by atoms with Gasteiger partial charge in [0.15, 0.2) is 0 Å². The number of nitrogens with zero attached hydrogens (tertiary/aromatic N) is 1. The van der Waals surface area contributed by atoms with Crippen molar-refractivity contribution in [3.63, 3.8) is 0 Å². The molecule has 18 heavy (non-hydrogen) atoms. The molecule has 2 aromatic rings. The summed E-state index contributed by atoms with van der Waals surface area (Å²) in [7, 11) is 1.65. The van der Waals surface area contributed by atoms with Gasteiger partial charge in [0.05, 0.1) is 13.2 Å². The largest absolute Gasteiger partial charge is 0.496 e. The molecule has 0 saturated carbocycles. The zero-order chi connectivity index (χ0) is 13.0. The van der Waals surface area contributed by atoms with Crippen molar-refractivity contribution in [1.82, 2.24) is 4.98 Å². The molecule has 0 fully saturated rings. The van der Waals surface area contributed by atoms with E-state index in [1.807, 2.05) is 37.3 Å². The fourth-order valence-electron chi connectivity index (χ4n) is 1.98. The molecule has 0 spiro atoms. The molecule has 0 aliphatic rings. The van der Waals surface area contributed by atoms with Crippen LogP contribution in [-0.4, -0.2) is 17.2 Å². The number of pyridine rings is 1. The number of benzene rings is 1. The highest BCUT2D eigenvalue weighted by molar-refractivity contribution is 5.38. The maximum Gasteiger partial charge on any atom is 0.122 e. The Hall–Kier alpha value is -1.87. The molecule has 0 bridgehead atoms. The van der Waals surface area contributed by atoms with Gasteiger partial charge in [-0.2, -0.15) is 0 Å². The van der Waals surface area contributed by atoms with E-state index in [1.54, 1.807) is 19.5 Å². The van der Waals surface area contributed by atoms with E-state index < -0.39 is 6.10 Å². The van der Waals surface area contributed by atoms with E-state index in [0.717, 1.165) is 22.4 Å². The molecule has 0 saturated heterocycles. The number of methoxy groups -OCH3 is 1. The highest BCUT2D eigenvalue weighted by atomic mass is 16.5. The van der Waals surface area contributed by atoms with Crippen molar-refractivity contribution in [3.8, 4) is 5.75 Å². The van der Waals surface area contributed by atoms with Crippen LogP contribution in [0.1, 0.15) is 22.8 Å². The van der Waals surface area contributed by atoms with E-state index in [9.17, 15) is 5.11 Å². The number of aryl methyl sites for hydroxylation is 1. The lowest BCUT2D eigenvalue weighted by Crippen LogP contribution is -2.03. The normalized spacial score (nSPS) is 12.2. The van der Waals surface area contributed by atoms with Crippen molar-refractivity contribution in [2.75, 3.05) is 7.11 Å². The van der Waals surface area contributed by atoms with Crippen LogP contribution in [0.25, 0.3) is 0 Å². The molecule has 1 atom stereocenters. The smallest absolute Gasteiger partial charge is 0.122 e. The third kappa shape index (κ3) is 2.87. The lowest BCUT2D eigenvalue weighted by Gasteiger charge is -2.14. The molecule has 0 amide bonds. The lowest BCUT2D eigenvalue weighted by atomic mass is 10.00. The molecule has 3 heteroatoms. The second-order valence-corrected chi connectivity index (χ2v) is 4.32. The van der Waals surface area contributed by atoms with E-state index in [2.05, 4.69) is 4.98 Å². The summed E-state index contributed by atoms with van der Waals surface area (Å²) in [6.07, 6.45) is 3.37. The van der Waals surface area contributed by atoms with Gasteiger partial charge < -0.3 is 9.84 Å². The van der Waals surface area contributed by atoms with Gasteiger partial charge in [0.2, 0.25) is 0 Å². The van der Waals surface area contributed by atoms with Crippen molar-refractivity contribution >= 4 is 0 Å². The van der Waals surface area contributed by atoms with Gasteiger partial charge in [-0.1, -0.05) is 17.7 Å².